The molecule has 1 unspecified atom stereocenters. The fraction of sp³-hybridized carbons (Fsp3) is 0.353. The second kappa shape index (κ2) is 5.37. The highest BCUT2D eigenvalue weighted by Crippen LogP contribution is 2.22. The highest BCUT2D eigenvalue weighted by Gasteiger charge is 2.31. The molecule has 2 heterocycles. The quantitative estimate of drug-likeness (QED) is 0.920. The maximum absolute atomic E-state index is 12.5. The van der Waals surface area contributed by atoms with E-state index in [1.54, 1.807) is 11.8 Å². The Morgan fingerprint density at radius 2 is 1.86 bits per heavy atom. The summed E-state index contributed by atoms with van der Waals surface area (Å²) in [4.78, 5) is 14.2. The van der Waals surface area contributed by atoms with Crippen LogP contribution in [-0.4, -0.2) is 39.2 Å². The molecule has 4 nitrogen and oxygen atoms in total. The predicted octanol–water partition coefficient (Wildman–Crippen LogP) is 2.46. The van der Waals surface area contributed by atoms with E-state index in [0.717, 1.165) is 18.5 Å². The number of carbonyl (C=O) groups excluding carboxylic acids is 1. The van der Waals surface area contributed by atoms with Crippen LogP contribution in [0.1, 0.15) is 30.1 Å². The molecule has 0 bridgehead atoms. The second-order valence-electron chi connectivity index (χ2n) is 5.96. The van der Waals surface area contributed by atoms with Crippen molar-refractivity contribution in [2.24, 2.45) is 0 Å². The number of β-amino-alcohol motifs (C(OH)–C–C–N with tert-alkyl or cyclic N) is 1. The third kappa shape index (κ3) is 3.00. The lowest BCUT2D eigenvalue weighted by atomic mass is 9.94. The van der Waals surface area contributed by atoms with Gasteiger partial charge in [0, 0.05) is 36.7 Å². The summed E-state index contributed by atoms with van der Waals surface area (Å²) < 4.78 is 2.00. The van der Waals surface area contributed by atoms with Crippen molar-refractivity contribution in [3.63, 3.8) is 0 Å². The predicted molar refractivity (Wildman–Crippen MR) is 81.5 cm³/mol. The minimum atomic E-state index is -0.765. The molecule has 1 fully saturated rings. The van der Waals surface area contributed by atoms with Gasteiger partial charge < -0.3 is 14.6 Å². The molecule has 21 heavy (non-hydrogen) atoms. The van der Waals surface area contributed by atoms with Crippen LogP contribution >= 0.6 is 0 Å². The first kappa shape index (κ1) is 13.9. The van der Waals surface area contributed by atoms with Gasteiger partial charge in [0.25, 0.3) is 5.91 Å². The number of carbonyl (C=O) groups is 1. The number of nitrogens with zero attached hydrogens (tertiary/aromatic N) is 2. The van der Waals surface area contributed by atoms with E-state index in [1.807, 2.05) is 53.4 Å². The van der Waals surface area contributed by atoms with Crippen molar-refractivity contribution >= 4 is 5.91 Å². The van der Waals surface area contributed by atoms with Crippen LogP contribution in [-0.2, 0) is 0 Å². The van der Waals surface area contributed by atoms with E-state index < -0.39 is 5.60 Å². The van der Waals surface area contributed by atoms with E-state index in [9.17, 15) is 9.90 Å². The van der Waals surface area contributed by atoms with Gasteiger partial charge >= 0.3 is 0 Å². The van der Waals surface area contributed by atoms with Gasteiger partial charge in [0.1, 0.15) is 0 Å². The van der Waals surface area contributed by atoms with Crippen molar-refractivity contribution in [1.29, 1.82) is 0 Å². The lowest BCUT2D eigenvalue weighted by Crippen LogP contribution is -2.48. The van der Waals surface area contributed by atoms with Gasteiger partial charge in [-0.25, -0.2) is 0 Å². The van der Waals surface area contributed by atoms with E-state index in [2.05, 4.69) is 0 Å². The van der Waals surface area contributed by atoms with Gasteiger partial charge in [0.2, 0.25) is 0 Å². The van der Waals surface area contributed by atoms with Crippen LogP contribution in [0.25, 0.3) is 5.69 Å². The minimum absolute atomic E-state index is 0.00553. The molecular weight excluding hydrogens is 264 g/mol. The Hall–Kier alpha value is -2.07. The van der Waals surface area contributed by atoms with Crippen LogP contribution in [0.3, 0.4) is 0 Å². The van der Waals surface area contributed by atoms with Crippen molar-refractivity contribution < 1.29 is 9.90 Å². The molecule has 4 heteroatoms. The van der Waals surface area contributed by atoms with Crippen molar-refractivity contribution in [2.45, 2.75) is 25.4 Å². The molecule has 110 valence electrons. The third-order valence-corrected chi connectivity index (χ3v) is 3.98. The largest absolute Gasteiger partial charge is 0.388 e. The summed E-state index contributed by atoms with van der Waals surface area (Å²) in [5, 5.41) is 10.1. The van der Waals surface area contributed by atoms with Crippen molar-refractivity contribution in [3.8, 4) is 5.69 Å². The second-order valence-corrected chi connectivity index (χ2v) is 5.96. The summed E-state index contributed by atoms with van der Waals surface area (Å²) in [6.07, 6.45) is 5.54. The Kier molecular flexibility index (Phi) is 3.55. The van der Waals surface area contributed by atoms with Crippen LogP contribution in [0, 0.1) is 0 Å². The van der Waals surface area contributed by atoms with E-state index in [0.29, 0.717) is 18.7 Å². The Morgan fingerprint density at radius 3 is 2.48 bits per heavy atom. The molecule has 1 N–H and O–H groups in total. The molecule has 1 aliphatic rings. The number of likely N-dealkylation sites (tertiary alicyclic amines) is 1. The number of hydrogen-bond acceptors (Lipinski definition) is 2. The number of piperidine rings is 1. The van der Waals surface area contributed by atoms with Crippen LogP contribution < -0.4 is 0 Å². The van der Waals surface area contributed by atoms with Gasteiger partial charge in [-0.2, -0.15) is 0 Å². The van der Waals surface area contributed by atoms with Gasteiger partial charge in [-0.1, -0.05) is 0 Å². The Balaban J connectivity index is 1.76. The first-order chi connectivity index (χ1) is 10.1. The van der Waals surface area contributed by atoms with Crippen LogP contribution in [0.5, 0.6) is 0 Å². The monoisotopic (exact) mass is 284 g/mol. The number of aliphatic hydroxyl groups is 1. The molecule has 3 rings (SSSR count). The smallest absolute Gasteiger partial charge is 0.253 e. The third-order valence-electron chi connectivity index (χ3n) is 3.98. The fourth-order valence-electron chi connectivity index (χ4n) is 2.86. The molecule has 0 spiro atoms. The Morgan fingerprint density at radius 1 is 1.19 bits per heavy atom. The summed E-state index contributed by atoms with van der Waals surface area (Å²) in [5.41, 5.74) is 0.935. The van der Waals surface area contributed by atoms with Crippen molar-refractivity contribution in [3.05, 3.63) is 54.4 Å². The zero-order valence-electron chi connectivity index (χ0n) is 12.2. The summed E-state index contributed by atoms with van der Waals surface area (Å²) in [5.74, 6) is -0.00553. The molecule has 1 saturated heterocycles. The van der Waals surface area contributed by atoms with E-state index >= 15 is 0 Å². The normalized spacial score (nSPS) is 22.3. The maximum Gasteiger partial charge on any atom is 0.253 e. The lowest BCUT2D eigenvalue weighted by molar-refractivity contribution is -0.0107. The zero-order chi connectivity index (χ0) is 14.9. The molecule has 1 aliphatic heterocycles. The van der Waals surface area contributed by atoms with Crippen molar-refractivity contribution in [1.82, 2.24) is 9.47 Å². The number of amides is 1. The molecule has 0 radical (unpaired) electrons. The zero-order valence-corrected chi connectivity index (χ0v) is 12.2. The summed E-state index contributed by atoms with van der Waals surface area (Å²) >= 11 is 0. The molecular formula is C17H20N2O2. The molecule has 1 aromatic carbocycles. The standard InChI is InChI=1S/C17H20N2O2/c1-17(21)9-4-12-19(13-17)16(20)14-5-7-15(8-6-14)18-10-2-3-11-18/h2-3,5-8,10-11,21H,4,9,12-13H2,1H3. The van der Waals surface area contributed by atoms with Crippen molar-refractivity contribution in [2.75, 3.05) is 13.1 Å². The van der Waals surface area contributed by atoms with Gasteiger partial charge in [-0.05, 0) is 56.2 Å². The van der Waals surface area contributed by atoms with Gasteiger partial charge in [-0.15, -0.1) is 0 Å². The fourth-order valence-corrected chi connectivity index (χ4v) is 2.86. The molecule has 1 aromatic heterocycles. The van der Waals surface area contributed by atoms with Crippen LogP contribution in [0.2, 0.25) is 0 Å². The molecule has 1 amide bonds. The average Bonchev–Trinajstić information content (AvgIpc) is 3.00. The van der Waals surface area contributed by atoms with Gasteiger partial charge in [0.05, 0.1) is 5.60 Å². The minimum Gasteiger partial charge on any atom is -0.388 e. The summed E-state index contributed by atoms with van der Waals surface area (Å²) in [6.45, 7) is 2.92. The Bertz CT molecular complexity index is 615. The van der Waals surface area contributed by atoms with Gasteiger partial charge in [0.15, 0.2) is 0 Å². The highest BCUT2D eigenvalue weighted by molar-refractivity contribution is 5.94. The number of rotatable bonds is 2. The highest BCUT2D eigenvalue weighted by atomic mass is 16.3. The van der Waals surface area contributed by atoms with Crippen LogP contribution in [0.15, 0.2) is 48.8 Å². The first-order valence-corrected chi connectivity index (χ1v) is 7.30. The first-order valence-electron chi connectivity index (χ1n) is 7.30. The SMILES string of the molecule is CC1(O)CCCN(C(=O)c2ccc(-n3cccc3)cc2)C1. The summed E-state index contributed by atoms with van der Waals surface area (Å²) in [7, 11) is 0. The maximum atomic E-state index is 12.5. The topological polar surface area (TPSA) is 45.5 Å². The van der Waals surface area contributed by atoms with Gasteiger partial charge in [-0.3, -0.25) is 4.79 Å². The van der Waals surface area contributed by atoms with E-state index in [4.69, 9.17) is 0 Å². The summed E-state index contributed by atoms with van der Waals surface area (Å²) in [6, 6.07) is 11.5. The molecule has 0 aliphatic carbocycles. The number of benzene rings is 1. The lowest BCUT2D eigenvalue weighted by Gasteiger charge is -2.36. The van der Waals surface area contributed by atoms with E-state index in [1.165, 1.54) is 0 Å². The van der Waals surface area contributed by atoms with Crippen LogP contribution in [0.4, 0.5) is 0 Å². The molecule has 1 atom stereocenters. The number of hydrogen-bond donors (Lipinski definition) is 1. The average molecular weight is 284 g/mol. The number of aromatic nitrogens is 1. The molecule has 0 saturated carbocycles. The van der Waals surface area contributed by atoms with E-state index in [-0.39, 0.29) is 5.91 Å². The molecule has 2 aromatic rings. The Labute approximate surface area is 124 Å².